The van der Waals surface area contributed by atoms with Crippen molar-refractivity contribution in [2.75, 3.05) is 0 Å². The molecule has 5 heteroatoms. The molecule has 21 heavy (non-hydrogen) atoms. The Morgan fingerprint density at radius 3 is 2.86 bits per heavy atom. The van der Waals surface area contributed by atoms with Crippen LogP contribution in [0.4, 0.5) is 0 Å². The monoisotopic (exact) mass is 302 g/mol. The first-order chi connectivity index (χ1) is 10.2. The molecule has 1 saturated carbocycles. The summed E-state index contributed by atoms with van der Waals surface area (Å²) in [6.07, 6.45) is 7.77. The average Bonchev–Trinajstić information content (AvgIpc) is 2.80. The lowest BCUT2D eigenvalue weighted by atomic mass is 9.96. The largest absolute Gasteiger partial charge is 0.508 e. The second kappa shape index (κ2) is 6.35. The number of hydrogen-bond acceptors (Lipinski definition) is 4. The molecule has 1 amide bonds. The molecular formula is C16H18N2O2S. The zero-order chi connectivity index (χ0) is 14.7. The summed E-state index contributed by atoms with van der Waals surface area (Å²) in [7, 11) is 0. The molecule has 1 aliphatic heterocycles. The molecule has 3 rings (SSSR count). The minimum atomic E-state index is -0.113. The Bertz CT molecular complexity index is 604. The molecule has 1 aliphatic carbocycles. The van der Waals surface area contributed by atoms with E-state index in [0.29, 0.717) is 16.1 Å². The molecule has 1 saturated heterocycles. The van der Waals surface area contributed by atoms with Crippen molar-refractivity contribution in [2.45, 2.75) is 38.1 Å². The van der Waals surface area contributed by atoms with Gasteiger partial charge in [0.15, 0.2) is 5.17 Å². The third-order valence-electron chi connectivity index (χ3n) is 3.69. The van der Waals surface area contributed by atoms with Gasteiger partial charge in [0, 0.05) is 0 Å². The van der Waals surface area contributed by atoms with Crippen LogP contribution in [0.2, 0.25) is 0 Å². The number of carbonyl (C=O) groups excluding carboxylic acids is 1. The first-order valence-corrected chi connectivity index (χ1v) is 8.10. The number of phenols is 1. The summed E-state index contributed by atoms with van der Waals surface area (Å²) < 4.78 is 0. The highest BCUT2D eigenvalue weighted by atomic mass is 32.2. The number of aliphatic imine (C=N–C) groups is 1. The predicted molar refractivity (Wildman–Crippen MR) is 86.1 cm³/mol. The Morgan fingerprint density at radius 1 is 1.29 bits per heavy atom. The fraction of sp³-hybridized carbons (Fsp3) is 0.375. The number of benzene rings is 1. The summed E-state index contributed by atoms with van der Waals surface area (Å²) in [5.74, 6) is 0.0850. The van der Waals surface area contributed by atoms with Crippen molar-refractivity contribution >= 4 is 28.9 Å². The highest BCUT2D eigenvalue weighted by Gasteiger charge is 2.25. The molecule has 2 aliphatic rings. The number of phenolic OH excluding ortho intramolecular Hbond substituents is 1. The first-order valence-electron chi connectivity index (χ1n) is 7.28. The highest BCUT2D eigenvalue weighted by molar-refractivity contribution is 8.18. The fourth-order valence-corrected chi connectivity index (χ4v) is 3.52. The molecule has 1 heterocycles. The first kappa shape index (κ1) is 14.2. The average molecular weight is 302 g/mol. The number of aromatic hydroxyl groups is 1. The Morgan fingerprint density at radius 2 is 2.10 bits per heavy atom. The normalized spacial score (nSPS) is 23.7. The zero-order valence-electron chi connectivity index (χ0n) is 11.7. The van der Waals surface area contributed by atoms with Crippen LogP contribution < -0.4 is 5.32 Å². The summed E-state index contributed by atoms with van der Waals surface area (Å²) in [5.41, 5.74) is 0.812. The SMILES string of the molecule is O=C1NC(=NC2CCCCC2)S/C1=C\c1cccc(O)c1. The van der Waals surface area contributed by atoms with Crippen molar-refractivity contribution in [1.29, 1.82) is 0 Å². The smallest absolute Gasteiger partial charge is 0.264 e. The maximum atomic E-state index is 12.0. The van der Waals surface area contributed by atoms with E-state index in [1.54, 1.807) is 24.3 Å². The molecule has 2 fully saturated rings. The van der Waals surface area contributed by atoms with Gasteiger partial charge in [-0.3, -0.25) is 9.79 Å². The van der Waals surface area contributed by atoms with Crippen molar-refractivity contribution in [3.8, 4) is 5.75 Å². The summed E-state index contributed by atoms with van der Waals surface area (Å²) in [4.78, 5) is 17.2. The van der Waals surface area contributed by atoms with Crippen LogP contribution in [0, 0.1) is 0 Å². The number of thioether (sulfide) groups is 1. The molecule has 4 nitrogen and oxygen atoms in total. The fourth-order valence-electron chi connectivity index (χ4n) is 2.63. The van der Waals surface area contributed by atoms with E-state index in [1.807, 2.05) is 6.07 Å². The van der Waals surface area contributed by atoms with E-state index in [1.165, 1.54) is 31.0 Å². The van der Waals surface area contributed by atoms with Crippen molar-refractivity contribution in [3.63, 3.8) is 0 Å². The number of rotatable bonds is 2. The summed E-state index contributed by atoms with van der Waals surface area (Å²) in [6.45, 7) is 0. The zero-order valence-corrected chi connectivity index (χ0v) is 12.5. The van der Waals surface area contributed by atoms with Gasteiger partial charge < -0.3 is 10.4 Å². The van der Waals surface area contributed by atoms with Crippen LogP contribution in [-0.4, -0.2) is 22.2 Å². The standard InChI is InChI=1S/C16H18N2O2S/c19-13-8-4-5-11(9-13)10-14-15(20)18-16(21-14)17-12-6-2-1-3-7-12/h4-5,8-10,12,19H,1-3,6-7H2,(H,17,18,20)/b14-10-. The van der Waals surface area contributed by atoms with E-state index in [2.05, 4.69) is 10.3 Å². The van der Waals surface area contributed by atoms with Gasteiger partial charge in [0.25, 0.3) is 5.91 Å². The molecule has 0 aromatic heterocycles. The van der Waals surface area contributed by atoms with Crippen LogP contribution in [0.1, 0.15) is 37.7 Å². The van der Waals surface area contributed by atoms with Crippen LogP contribution >= 0.6 is 11.8 Å². The molecule has 1 aromatic carbocycles. The number of amides is 1. The molecule has 0 radical (unpaired) electrons. The van der Waals surface area contributed by atoms with E-state index in [-0.39, 0.29) is 11.7 Å². The lowest BCUT2D eigenvalue weighted by molar-refractivity contribution is -0.115. The third kappa shape index (κ3) is 3.67. The summed E-state index contributed by atoms with van der Waals surface area (Å²) >= 11 is 1.38. The predicted octanol–water partition coefficient (Wildman–Crippen LogP) is 3.28. The Kier molecular flexibility index (Phi) is 4.29. The van der Waals surface area contributed by atoms with Gasteiger partial charge in [-0.2, -0.15) is 0 Å². The van der Waals surface area contributed by atoms with Gasteiger partial charge in [-0.1, -0.05) is 31.4 Å². The van der Waals surface area contributed by atoms with Crippen molar-refractivity contribution in [1.82, 2.24) is 5.32 Å². The summed E-state index contributed by atoms with van der Waals surface area (Å²) in [5, 5.41) is 13.0. The van der Waals surface area contributed by atoms with Crippen LogP contribution in [0.3, 0.4) is 0 Å². The van der Waals surface area contributed by atoms with E-state index in [0.717, 1.165) is 18.4 Å². The Balaban J connectivity index is 1.73. The Labute approximate surface area is 128 Å². The number of hydrogen-bond donors (Lipinski definition) is 2. The van der Waals surface area contributed by atoms with Gasteiger partial charge in [-0.15, -0.1) is 0 Å². The van der Waals surface area contributed by atoms with E-state index >= 15 is 0 Å². The number of nitrogens with one attached hydrogen (secondary N) is 1. The van der Waals surface area contributed by atoms with E-state index in [9.17, 15) is 9.90 Å². The van der Waals surface area contributed by atoms with Crippen molar-refractivity contribution in [2.24, 2.45) is 4.99 Å². The van der Waals surface area contributed by atoms with E-state index in [4.69, 9.17) is 0 Å². The van der Waals surface area contributed by atoms with Gasteiger partial charge in [0.2, 0.25) is 0 Å². The Hall–Kier alpha value is -1.75. The van der Waals surface area contributed by atoms with Crippen LogP contribution in [0.25, 0.3) is 6.08 Å². The van der Waals surface area contributed by atoms with E-state index < -0.39 is 0 Å². The molecule has 0 atom stereocenters. The maximum absolute atomic E-state index is 12.0. The van der Waals surface area contributed by atoms with Gasteiger partial charge in [-0.25, -0.2) is 0 Å². The second-order valence-corrected chi connectivity index (χ2v) is 6.42. The molecule has 1 aromatic rings. The van der Waals surface area contributed by atoms with Crippen LogP contribution in [-0.2, 0) is 4.79 Å². The van der Waals surface area contributed by atoms with Gasteiger partial charge in [0.05, 0.1) is 10.9 Å². The number of nitrogens with zero attached hydrogens (tertiary/aromatic N) is 1. The summed E-state index contributed by atoms with van der Waals surface area (Å²) in [6, 6.07) is 7.21. The molecule has 0 spiro atoms. The molecule has 0 bridgehead atoms. The second-order valence-electron chi connectivity index (χ2n) is 5.39. The minimum absolute atomic E-state index is 0.113. The maximum Gasteiger partial charge on any atom is 0.264 e. The van der Waals surface area contributed by atoms with Crippen molar-refractivity contribution < 1.29 is 9.90 Å². The van der Waals surface area contributed by atoms with Gasteiger partial charge >= 0.3 is 0 Å². The minimum Gasteiger partial charge on any atom is -0.508 e. The molecule has 110 valence electrons. The number of amidine groups is 1. The van der Waals surface area contributed by atoms with Gasteiger partial charge in [0.1, 0.15) is 5.75 Å². The lowest BCUT2D eigenvalue weighted by Gasteiger charge is -2.17. The quantitative estimate of drug-likeness (QED) is 0.824. The molecular weight excluding hydrogens is 284 g/mol. The molecule has 0 unspecified atom stereocenters. The van der Waals surface area contributed by atoms with Crippen LogP contribution in [0.5, 0.6) is 5.75 Å². The van der Waals surface area contributed by atoms with Gasteiger partial charge in [-0.05, 0) is 48.4 Å². The number of carbonyl (C=O) groups is 1. The lowest BCUT2D eigenvalue weighted by Crippen LogP contribution is -2.22. The highest BCUT2D eigenvalue weighted by Crippen LogP contribution is 2.29. The topological polar surface area (TPSA) is 61.7 Å². The third-order valence-corrected chi connectivity index (χ3v) is 4.62. The molecule has 2 N–H and O–H groups in total. The van der Waals surface area contributed by atoms with Crippen LogP contribution in [0.15, 0.2) is 34.2 Å². The van der Waals surface area contributed by atoms with Crippen molar-refractivity contribution in [3.05, 3.63) is 34.7 Å².